The average molecular weight is 601 g/mol. The molecule has 218 valence electrons. The highest BCUT2D eigenvalue weighted by Crippen LogP contribution is 2.50. The largest absolute Gasteiger partial charge is 0.456 e. The van der Waals surface area contributed by atoms with Crippen molar-refractivity contribution in [3.8, 4) is 22.3 Å². The van der Waals surface area contributed by atoms with Gasteiger partial charge in [-0.25, -0.2) is 0 Å². The van der Waals surface area contributed by atoms with Crippen molar-refractivity contribution in [3.63, 3.8) is 0 Å². The first-order valence-corrected chi connectivity index (χ1v) is 15.9. The van der Waals surface area contributed by atoms with Crippen LogP contribution >= 0.6 is 0 Å². The Morgan fingerprint density at radius 2 is 0.660 bits per heavy atom. The minimum atomic E-state index is 0.838. The maximum Gasteiger partial charge on any atom is 0.147 e. The van der Waals surface area contributed by atoms with Crippen LogP contribution in [0.3, 0.4) is 0 Å². The molecule has 0 unspecified atom stereocenters. The summed E-state index contributed by atoms with van der Waals surface area (Å²) in [6, 6.07) is 51.1. The van der Waals surface area contributed by atoms with Crippen LogP contribution in [0.25, 0.3) is 110 Å². The van der Waals surface area contributed by atoms with Gasteiger partial charge in [-0.3, -0.25) is 0 Å². The van der Waals surface area contributed by atoms with Crippen molar-refractivity contribution in [1.29, 1.82) is 0 Å². The summed E-state index contributed by atoms with van der Waals surface area (Å²) in [5, 5.41) is 11.2. The molecule has 0 N–H and O–H groups in total. The van der Waals surface area contributed by atoms with Gasteiger partial charge in [0, 0.05) is 37.9 Å². The Hall–Kier alpha value is -6.32. The van der Waals surface area contributed by atoms with E-state index in [2.05, 4.69) is 109 Å². The molecule has 11 rings (SSSR count). The highest BCUT2D eigenvalue weighted by atomic mass is 16.3. The fraction of sp³-hybridized carbons (Fsp3) is 0. The van der Waals surface area contributed by atoms with E-state index in [1.807, 2.05) is 36.4 Å². The Kier molecular flexibility index (Phi) is 4.84. The quantitative estimate of drug-likeness (QED) is 0.185. The zero-order valence-electron chi connectivity index (χ0n) is 25.1. The number of rotatable bonds is 2. The second kappa shape index (κ2) is 9.12. The summed E-state index contributed by atoms with van der Waals surface area (Å²) in [5.74, 6) is 0. The maximum absolute atomic E-state index is 6.76. The fourth-order valence-electron chi connectivity index (χ4n) is 7.85. The van der Waals surface area contributed by atoms with Gasteiger partial charge in [0.1, 0.15) is 33.5 Å². The number of para-hydroxylation sites is 3. The van der Waals surface area contributed by atoms with E-state index < -0.39 is 0 Å². The topological polar surface area (TPSA) is 39.4 Å². The highest BCUT2D eigenvalue weighted by Gasteiger charge is 2.25. The van der Waals surface area contributed by atoms with Crippen LogP contribution in [0.5, 0.6) is 0 Å². The Labute approximate surface area is 267 Å². The molecule has 47 heavy (non-hydrogen) atoms. The predicted molar refractivity (Wildman–Crippen MR) is 194 cm³/mol. The summed E-state index contributed by atoms with van der Waals surface area (Å²) in [4.78, 5) is 0. The normalized spacial score (nSPS) is 12.3. The highest BCUT2D eigenvalue weighted by molar-refractivity contribution is 6.29. The second-order valence-electron chi connectivity index (χ2n) is 12.4. The van der Waals surface area contributed by atoms with Crippen molar-refractivity contribution in [3.05, 3.63) is 146 Å². The molecule has 0 aliphatic heterocycles. The van der Waals surface area contributed by atoms with Gasteiger partial charge < -0.3 is 13.3 Å². The summed E-state index contributed by atoms with van der Waals surface area (Å²) >= 11 is 0. The first-order chi connectivity index (χ1) is 23.3. The molecule has 0 amide bonds. The molecule has 0 spiro atoms. The summed E-state index contributed by atoms with van der Waals surface area (Å²) in [6.07, 6.45) is 0. The van der Waals surface area contributed by atoms with Crippen LogP contribution in [0.4, 0.5) is 0 Å². The molecule has 3 nitrogen and oxygen atoms in total. The Bertz CT molecular complexity index is 2930. The molecule has 0 aliphatic rings. The van der Waals surface area contributed by atoms with Crippen LogP contribution in [0.2, 0.25) is 0 Å². The molecule has 3 heterocycles. The van der Waals surface area contributed by atoms with Crippen molar-refractivity contribution < 1.29 is 13.3 Å². The van der Waals surface area contributed by atoms with E-state index in [0.29, 0.717) is 0 Å². The van der Waals surface area contributed by atoms with E-state index >= 15 is 0 Å². The third kappa shape index (κ3) is 3.35. The number of fused-ring (bicyclic) bond motifs is 11. The van der Waals surface area contributed by atoms with Crippen LogP contribution in [0.1, 0.15) is 0 Å². The first-order valence-electron chi connectivity index (χ1n) is 15.9. The molecule has 0 fully saturated rings. The van der Waals surface area contributed by atoms with E-state index in [1.165, 1.54) is 5.56 Å². The second-order valence-corrected chi connectivity index (χ2v) is 12.4. The van der Waals surface area contributed by atoms with Crippen molar-refractivity contribution in [2.75, 3.05) is 0 Å². The maximum atomic E-state index is 6.76. The number of hydrogen-bond acceptors (Lipinski definition) is 3. The van der Waals surface area contributed by atoms with E-state index in [1.54, 1.807) is 0 Å². The lowest BCUT2D eigenvalue weighted by Crippen LogP contribution is -1.91. The van der Waals surface area contributed by atoms with Gasteiger partial charge in [0.05, 0.1) is 5.56 Å². The number of furan rings is 3. The molecule has 11 aromatic rings. The minimum Gasteiger partial charge on any atom is -0.456 e. The number of benzene rings is 8. The molecule has 0 saturated carbocycles. The minimum absolute atomic E-state index is 0.838. The molecule has 0 radical (unpaired) electrons. The van der Waals surface area contributed by atoms with E-state index in [-0.39, 0.29) is 0 Å². The molecule has 0 aliphatic carbocycles. The zero-order chi connectivity index (χ0) is 30.6. The lowest BCUT2D eigenvalue weighted by atomic mass is 9.85. The smallest absolute Gasteiger partial charge is 0.147 e. The third-order valence-electron chi connectivity index (χ3n) is 9.86. The first kappa shape index (κ1) is 24.9. The van der Waals surface area contributed by atoms with Crippen LogP contribution in [0.15, 0.2) is 159 Å². The predicted octanol–water partition coefficient (Wildman–Crippen LogP) is 13.0. The lowest BCUT2D eigenvalue weighted by molar-refractivity contribution is 0.658. The van der Waals surface area contributed by atoms with Gasteiger partial charge in [-0.2, -0.15) is 0 Å². The molecule has 3 aromatic heterocycles. The van der Waals surface area contributed by atoms with Crippen molar-refractivity contribution in [1.82, 2.24) is 0 Å². The molecule has 0 atom stereocenters. The summed E-state index contributed by atoms with van der Waals surface area (Å²) in [5.41, 5.74) is 9.58. The Morgan fingerprint density at radius 3 is 1.19 bits per heavy atom. The van der Waals surface area contributed by atoms with E-state index in [9.17, 15) is 0 Å². The van der Waals surface area contributed by atoms with Crippen LogP contribution in [0, 0.1) is 0 Å². The van der Waals surface area contributed by atoms with Gasteiger partial charge in [-0.1, -0.05) is 109 Å². The van der Waals surface area contributed by atoms with Gasteiger partial charge in [-0.15, -0.1) is 0 Å². The molecule has 0 saturated heterocycles. The van der Waals surface area contributed by atoms with Crippen molar-refractivity contribution >= 4 is 87.4 Å². The van der Waals surface area contributed by atoms with Gasteiger partial charge in [-0.05, 0) is 69.1 Å². The SMILES string of the molecule is c1ccc2c(c1)oc1cc(-c3c4ccccc4c(-c4c5oc6ccccc6c5cc5c4oc4ccccc45)c4ccccc34)ccc12. The molecule has 0 bridgehead atoms. The zero-order valence-corrected chi connectivity index (χ0v) is 25.1. The fourth-order valence-corrected chi connectivity index (χ4v) is 7.85. The molecule has 8 aromatic carbocycles. The Morgan fingerprint density at radius 1 is 0.255 bits per heavy atom. The molecule has 3 heteroatoms. The monoisotopic (exact) mass is 600 g/mol. The van der Waals surface area contributed by atoms with Crippen molar-refractivity contribution in [2.24, 2.45) is 0 Å². The van der Waals surface area contributed by atoms with E-state index in [4.69, 9.17) is 13.3 Å². The third-order valence-corrected chi connectivity index (χ3v) is 9.86. The van der Waals surface area contributed by atoms with Gasteiger partial charge in [0.25, 0.3) is 0 Å². The Balaban J connectivity index is 1.32. The van der Waals surface area contributed by atoms with Crippen molar-refractivity contribution in [2.45, 2.75) is 0 Å². The summed E-state index contributed by atoms with van der Waals surface area (Å²) in [6.45, 7) is 0. The standard InChI is InChI=1S/C44H24O3/c1-3-16-32-30(14-1)40(25-21-22-29-26-11-5-8-18-36(26)45-39(29)23-25)31-15-2-4-17-33(31)41(32)42-43-34(27-12-6-9-19-37(27)46-43)24-35-28-13-7-10-20-38(28)47-44(35)42/h1-24H. The molecular formula is C44H24O3. The van der Waals surface area contributed by atoms with Gasteiger partial charge in [0.2, 0.25) is 0 Å². The summed E-state index contributed by atoms with van der Waals surface area (Å²) in [7, 11) is 0. The van der Waals surface area contributed by atoms with Gasteiger partial charge >= 0.3 is 0 Å². The average Bonchev–Trinajstić information content (AvgIpc) is 3.81. The van der Waals surface area contributed by atoms with Crippen LogP contribution < -0.4 is 0 Å². The van der Waals surface area contributed by atoms with Crippen LogP contribution in [-0.4, -0.2) is 0 Å². The van der Waals surface area contributed by atoms with Gasteiger partial charge in [0.15, 0.2) is 0 Å². The summed E-state index contributed by atoms with van der Waals surface area (Å²) < 4.78 is 19.9. The molecular weight excluding hydrogens is 576 g/mol. The van der Waals surface area contributed by atoms with Crippen LogP contribution in [-0.2, 0) is 0 Å². The van der Waals surface area contributed by atoms with E-state index in [0.717, 1.165) is 104 Å². The lowest BCUT2D eigenvalue weighted by Gasteiger charge is -2.18. The number of hydrogen-bond donors (Lipinski definition) is 0.